The van der Waals surface area contributed by atoms with E-state index in [1.54, 1.807) is 17.2 Å². The fraction of sp³-hybridized carbons (Fsp3) is 0.261. The SMILES string of the molecule is C=C(c1c(F)ccc(F)c1NS(=O)c1cc[nH]c1)N1CCN(c2ncc(F)cc2F)CC12CC2. The predicted octanol–water partition coefficient (Wildman–Crippen LogP) is 4.43. The van der Waals surface area contributed by atoms with Gasteiger partial charge in [-0.05, 0) is 31.0 Å². The van der Waals surface area contributed by atoms with Crippen LogP contribution in [0.3, 0.4) is 0 Å². The molecule has 6 nitrogen and oxygen atoms in total. The zero-order valence-electron chi connectivity index (χ0n) is 18.0. The van der Waals surface area contributed by atoms with Crippen LogP contribution >= 0.6 is 0 Å². The van der Waals surface area contributed by atoms with Gasteiger partial charge in [0.25, 0.3) is 0 Å². The first kappa shape index (κ1) is 22.5. The zero-order valence-corrected chi connectivity index (χ0v) is 18.8. The van der Waals surface area contributed by atoms with E-state index in [4.69, 9.17) is 0 Å². The summed E-state index contributed by atoms with van der Waals surface area (Å²) in [7, 11) is -1.83. The Morgan fingerprint density at radius 2 is 1.88 bits per heavy atom. The standard InChI is InChI=1S/C23H21F4N5OS/c1-14(20-17(25)2-3-18(26)21(20)30-34(33)16-4-7-28-12-16)32-9-8-31(13-23(32)5-6-23)22-19(27)10-15(24)11-29-22/h2-4,7,10-12,28,30H,1,5-6,8-9,13H2. The van der Waals surface area contributed by atoms with Crippen LogP contribution in [-0.2, 0) is 11.0 Å². The molecule has 1 atom stereocenters. The summed E-state index contributed by atoms with van der Waals surface area (Å²) >= 11 is 0. The average molecular weight is 492 g/mol. The fourth-order valence-electron chi connectivity index (χ4n) is 4.44. The van der Waals surface area contributed by atoms with E-state index in [-0.39, 0.29) is 22.8 Å². The minimum absolute atomic E-state index is 0.0547. The Balaban J connectivity index is 1.43. The van der Waals surface area contributed by atoms with Gasteiger partial charge in [-0.3, -0.25) is 4.72 Å². The molecule has 0 amide bonds. The third-order valence-electron chi connectivity index (χ3n) is 6.26. The molecule has 1 saturated heterocycles. The van der Waals surface area contributed by atoms with Crippen molar-refractivity contribution in [1.29, 1.82) is 0 Å². The van der Waals surface area contributed by atoms with Gasteiger partial charge in [0, 0.05) is 43.8 Å². The topological polar surface area (TPSA) is 64.3 Å². The second kappa shape index (κ2) is 8.46. The molecule has 0 radical (unpaired) electrons. The van der Waals surface area contributed by atoms with Gasteiger partial charge >= 0.3 is 0 Å². The van der Waals surface area contributed by atoms with Gasteiger partial charge in [0.15, 0.2) is 22.6 Å². The minimum Gasteiger partial charge on any atom is -0.366 e. The lowest BCUT2D eigenvalue weighted by molar-refractivity contribution is 0.242. The Hall–Kier alpha value is -3.34. The average Bonchev–Trinajstić information content (AvgIpc) is 3.32. The zero-order chi connectivity index (χ0) is 24.0. The highest BCUT2D eigenvalue weighted by atomic mass is 32.2. The second-order valence-electron chi connectivity index (χ2n) is 8.40. The normalized spacial score (nSPS) is 17.6. The van der Waals surface area contributed by atoms with Crippen molar-refractivity contribution in [3.8, 4) is 0 Å². The van der Waals surface area contributed by atoms with Crippen molar-refractivity contribution in [1.82, 2.24) is 14.9 Å². The number of nitrogens with one attached hydrogen (secondary N) is 2. The summed E-state index contributed by atoms with van der Waals surface area (Å²) in [5.74, 6) is -2.92. The van der Waals surface area contributed by atoms with E-state index in [1.807, 2.05) is 4.90 Å². The second-order valence-corrected chi connectivity index (χ2v) is 9.61. The Kier molecular flexibility index (Phi) is 5.59. The van der Waals surface area contributed by atoms with Gasteiger partial charge < -0.3 is 14.8 Å². The summed E-state index contributed by atoms with van der Waals surface area (Å²) in [5.41, 5.74) is -0.563. The molecule has 5 rings (SSSR count). The van der Waals surface area contributed by atoms with Crippen LogP contribution in [0.15, 0.2) is 54.3 Å². The van der Waals surface area contributed by atoms with E-state index >= 15 is 4.39 Å². The van der Waals surface area contributed by atoms with Gasteiger partial charge in [-0.1, -0.05) is 6.58 Å². The molecule has 178 valence electrons. The van der Waals surface area contributed by atoms with Crippen molar-refractivity contribution in [3.63, 3.8) is 0 Å². The lowest BCUT2D eigenvalue weighted by Crippen LogP contribution is -2.54. The van der Waals surface area contributed by atoms with E-state index in [0.29, 0.717) is 24.5 Å². The molecule has 2 N–H and O–H groups in total. The molecule has 2 fully saturated rings. The van der Waals surface area contributed by atoms with Gasteiger partial charge in [0.1, 0.15) is 17.5 Å². The summed E-state index contributed by atoms with van der Waals surface area (Å²) in [6.07, 6.45) is 5.51. The predicted molar refractivity (Wildman–Crippen MR) is 121 cm³/mol. The van der Waals surface area contributed by atoms with E-state index in [2.05, 4.69) is 21.3 Å². The van der Waals surface area contributed by atoms with Crippen LogP contribution in [0, 0.1) is 23.3 Å². The van der Waals surface area contributed by atoms with Gasteiger partial charge in [-0.25, -0.2) is 26.8 Å². The molecule has 1 aliphatic carbocycles. The molecule has 34 heavy (non-hydrogen) atoms. The molecule has 2 aromatic heterocycles. The smallest absolute Gasteiger partial charge is 0.168 e. The number of aromatic nitrogens is 2. The Morgan fingerprint density at radius 3 is 2.56 bits per heavy atom. The molecule has 3 heterocycles. The number of benzene rings is 1. The lowest BCUT2D eigenvalue weighted by atomic mass is 10.0. The molecule has 2 aliphatic rings. The van der Waals surface area contributed by atoms with E-state index < -0.39 is 39.8 Å². The number of rotatable bonds is 6. The first-order chi connectivity index (χ1) is 16.3. The maximum Gasteiger partial charge on any atom is 0.168 e. The van der Waals surface area contributed by atoms with Gasteiger partial charge in [0.05, 0.1) is 27.9 Å². The van der Waals surface area contributed by atoms with Crippen LogP contribution in [0.5, 0.6) is 0 Å². The van der Waals surface area contributed by atoms with E-state index in [0.717, 1.165) is 37.2 Å². The monoisotopic (exact) mass is 491 g/mol. The Morgan fingerprint density at radius 1 is 1.12 bits per heavy atom. The van der Waals surface area contributed by atoms with Crippen LogP contribution < -0.4 is 9.62 Å². The highest BCUT2D eigenvalue weighted by Crippen LogP contribution is 2.49. The number of hydrogen-bond donors (Lipinski definition) is 2. The summed E-state index contributed by atoms with van der Waals surface area (Å²) in [4.78, 5) is 10.7. The third-order valence-corrected chi connectivity index (χ3v) is 7.33. The summed E-state index contributed by atoms with van der Waals surface area (Å²) in [5, 5.41) is 0. The van der Waals surface area contributed by atoms with Crippen molar-refractivity contribution in [2.45, 2.75) is 23.3 Å². The van der Waals surface area contributed by atoms with Crippen LogP contribution in [0.4, 0.5) is 29.1 Å². The summed E-state index contributed by atoms with van der Waals surface area (Å²) < 4.78 is 72.7. The Bertz CT molecular complexity index is 1280. The molecule has 1 spiro atoms. The van der Waals surface area contributed by atoms with Crippen molar-refractivity contribution in [2.75, 3.05) is 29.3 Å². The number of halogens is 4. The van der Waals surface area contributed by atoms with Gasteiger partial charge in [-0.15, -0.1) is 0 Å². The van der Waals surface area contributed by atoms with E-state index in [1.165, 1.54) is 6.20 Å². The molecular formula is C23H21F4N5OS. The molecule has 1 unspecified atom stereocenters. The first-order valence-corrected chi connectivity index (χ1v) is 11.8. The lowest BCUT2D eigenvalue weighted by Gasteiger charge is -2.45. The molecular weight excluding hydrogens is 470 g/mol. The number of anilines is 2. The van der Waals surface area contributed by atoms with E-state index in [9.17, 15) is 17.4 Å². The largest absolute Gasteiger partial charge is 0.366 e. The summed E-state index contributed by atoms with van der Waals surface area (Å²) in [6.45, 7) is 5.10. The van der Waals surface area contributed by atoms with Crippen molar-refractivity contribution in [2.24, 2.45) is 0 Å². The number of aromatic amines is 1. The molecule has 1 saturated carbocycles. The maximum absolute atomic E-state index is 15.0. The number of piperazine rings is 1. The number of hydrogen-bond acceptors (Lipinski definition) is 4. The van der Waals surface area contributed by atoms with Crippen molar-refractivity contribution < 1.29 is 21.8 Å². The maximum atomic E-state index is 15.0. The summed E-state index contributed by atoms with van der Waals surface area (Å²) in [6, 6.07) is 4.33. The van der Waals surface area contributed by atoms with Crippen molar-refractivity contribution in [3.05, 3.63) is 78.3 Å². The Labute approximate surface area is 195 Å². The van der Waals surface area contributed by atoms with Crippen molar-refractivity contribution >= 4 is 28.2 Å². The first-order valence-electron chi connectivity index (χ1n) is 10.6. The molecule has 11 heteroatoms. The highest BCUT2D eigenvalue weighted by molar-refractivity contribution is 7.86. The molecule has 1 aliphatic heterocycles. The third kappa shape index (κ3) is 3.93. The van der Waals surface area contributed by atoms with Crippen LogP contribution in [0.1, 0.15) is 18.4 Å². The van der Waals surface area contributed by atoms with Gasteiger partial charge in [0.2, 0.25) is 0 Å². The minimum atomic E-state index is -1.83. The number of pyridine rings is 1. The number of nitrogens with zero attached hydrogens (tertiary/aromatic N) is 3. The van der Waals surface area contributed by atoms with Crippen LogP contribution in [0.25, 0.3) is 5.70 Å². The highest BCUT2D eigenvalue weighted by Gasteiger charge is 2.52. The van der Waals surface area contributed by atoms with Gasteiger partial charge in [-0.2, -0.15) is 0 Å². The molecule has 1 aromatic carbocycles. The number of H-pyrrole nitrogens is 1. The quantitative estimate of drug-likeness (QED) is 0.501. The van der Waals surface area contributed by atoms with Crippen LogP contribution in [0.2, 0.25) is 0 Å². The molecule has 0 bridgehead atoms. The molecule has 3 aromatic rings. The fourth-order valence-corrected chi connectivity index (χ4v) is 5.31. The van der Waals surface area contributed by atoms with Crippen LogP contribution in [-0.4, -0.2) is 44.2 Å².